The maximum atomic E-state index is 2.44. The van der Waals surface area contributed by atoms with Gasteiger partial charge in [-0.1, -0.05) is 121 Å². The summed E-state index contributed by atoms with van der Waals surface area (Å²) < 4.78 is 5.13. The molecule has 0 radical (unpaired) electrons. The van der Waals surface area contributed by atoms with E-state index in [2.05, 4.69) is 204 Å². The molecule has 0 saturated carbocycles. The summed E-state index contributed by atoms with van der Waals surface area (Å²) in [4.78, 5) is 2.35. The lowest BCUT2D eigenvalue weighted by Gasteiger charge is -2.26. The van der Waals surface area contributed by atoms with Crippen molar-refractivity contribution in [1.29, 1.82) is 0 Å². The van der Waals surface area contributed by atoms with Crippen molar-refractivity contribution in [3.63, 3.8) is 0 Å². The monoisotopic (exact) mass is 692 g/mol. The Morgan fingerprint density at radius 3 is 1.91 bits per heavy atom. The number of anilines is 3. The molecule has 0 unspecified atom stereocenters. The number of rotatable bonds is 5. The van der Waals surface area contributed by atoms with Crippen molar-refractivity contribution in [2.45, 2.75) is 0 Å². The number of hydrogen-bond donors (Lipinski definition) is 0. The summed E-state index contributed by atoms with van der Waals surface area (Å²) in [5.74, 6) is 0. The van der Waals surface area contributed by atoms with Crippen molar-refractivity contribution in [1.82, 2.24) is 4.57 Å². The minimum absolute atomic E-state index is 1.12. The van der Waals surface area contributed by atoms with Gasteiger partial charge in [0, 0.05) is 53.7 Å². The zero-order valence-corrected chi connectivity index (χ0v) is 29.6. The summed E-state index contributed by atoms with van der Waals surface area (Å²) in [6.45, 7) is 0. The molecule has 0 N–H and O–H groups in total. The highest BCUT2D eigenvalue weighted by Gasteiger charge is 2.18. The summed E-state index contributed by atoms with van der Waals surface area (Å²) in [5.41, 5.74) is 9.43. The predicted molar refractivity (Wildman–Crippen MR) is 229 cm³/mol. The van der Waals surface area contributed by atoms with Crippen LogP contribution in [0, 0.1) is 0 Å². The second kappa shape index (κ2) is 11.9. The molecule has 0 aliphatic carbocycles. The van der Waals surface area contributed by atoms with Crippen LogP contribution in [0.4, 0.5) is 17.1 Å². The maximum Gasteiger partial charge on any atom is 0.0555 e. The molecule has 0 aliphatic heterocycles. The van der Waals surface area contributed by atoms with Gasteiger partial charge < -0.3 is 9.47 Å². The summed E-state index contributed by atoms with van der Waals surface area (Å²) >= 11 is 1.90. The summed E-state index contributed by atoms with van der Waals surface area (Å²) in [5, 5.41) is 10.2. The number of para-hydroxylation sites is 2. The van der Waals surface area contributed by atoms with Crippen LogP contribution in [0.3, 0.4) is 0 Å². The van der Waals surface area contributed by atoms with Crippen molar-refractivity contribution >= 4 is 91.9 Å². The molecule has 0 aliphatic rings. The van der Waals surface area contributed by atoms with Gasteiger partial charge >= 0.3 is 0 Å². The molecule has 3 heteroatoms. The number of hydrogen-bond acceptors (Lipinski definition) is 2. The lowest BCUT2D eigenvalue weighted by atomic mass is 10.0. The number of nitrogens with zero attached hydrogens (tertiary/aromatic N) is 2. The second-order valence-corrected chi connectivity index (χ2v) is 14.8. The number of benzene rings is 9. The molecule has 0 fully saturated rings. The van der Waals surface area contributed by atoms with Crippen molar-refractivity contribution < 1.29 is 0 Å². The van der Waals surface area contributed by atoms with Gasteiger partial charge in [0.1, 0.15) is 0 Å². The van der Waals surface area contributed by atoms with Gasteiger partial charge in [0.25, 0.3) is 0 Å². The maximum absolute atomic E-state index is 2.44. The fourth-order valence-corrected chi connectivity index (χ4v) is 9.47. The van der Waals surface area contributed by atoms with Gasteiger partial charge in [0.05, 0.1) is 11.0 Å². The highest BCUT2D eigenvalue weighted by Crippen LogP contribution is 2.44. The first-order valence-corrected chi connectivity index (χ1v) is 18.9. The zero-order valence-electron chi connectivity index (χ0n) is 28.8. The second-order valence-electron chi connectivity index (χ2n) is 13.8. The molecular formula is C50H32N2S. The lowest BCUT2D eigenvalue weighted by Crippen LogP contribution is -2.09. The Kier molecular flexibility index (Phi) is 6.76. The van der Waals surface area contributed by atoms with E-state index in [1.54, 1.807) is 0 Å². The van der Waals surface area contributed by atoms with Gasteiger partial charge in [-0.3, -0.25) is 0 Å². The molecule has 248 valence electrons. The third-order valence-corrected chi connectivity index (χ3v) is 11.9. The van der Waals surface area contributed by atoms with E-state index < -0.39 is 0 Å². The number of fused-ring (bicyclic) bond motifs is 9. The first kappa shape index (κ1) is 30.0. The van der Waals surface area contributed by atoms with Gasteiger partial charge in [0.2, 0.25) is 0 Å². The molecule has 11 aromatic rings. The van der Waals surface area contributed by atoms with E-state index in [0.29, 0.717) is 0 Å². The van der Waals surface area contributed by atoms with Gasteiger partial charge in [-0.25, -0.2) is 0 Å². The third kappa shape index (κ3) is 4.86. The van der Waals surface area contributed by atoms with Crippen LogP contribution in [0.2, 0.25) is 0 Å². The number of aromatic nitrogens is 1. The van der Waals surface area contributed by atoms with E-state index in [4.69, 9.17) is 0 Å². The smallest absolute Gasteiger partial charge is 0.0555 e. The highest BCUT2D eigenvalue weighted by molar-refractivity contribution is 7.26. The topological polar surface area (TPSA) is 8.17 Å². The molecule has 2 heterocycles. The molecule has 0 bridgehead atoms. The van der Waals surface area contributed by atoms with Crippen LogP contribution >= 0.6 is 11.3 Å². The van der Waals surface area contributed by atoms with Crippen molar-refractivity contribution in [3.8, 4) is 16.8 Å². The van der Waals surface area contributed by atoms with Crippen LogP contribution in [0.15, 0.2) is 194 Å². The molecule has 0 saturated heterocycles. The lowest BCUT2D eigenvalue weighted by molar-refractivity contribution is 1.19. The third-order valence-electron chi connectivity index (χ3n) is 10.7. The fourth-order valence-electron chi connectivity index (χ4n) is 8.21. The summed E-state index contributed by atoms with van der Waals surface area (Å²) in [6, 6.07) is 70.8. The van der Waals surface area contributed by atoms with Gasteiger partial charge in [-0.2, -0.15) is 0 Å². The molecule has 9 aromatic carbocycles. The largest absolute Gasteiger partial charge is 0.310 e. The van der Waals surface area contributed by atoms with Gasteiger partial charge in [-0.05, 0) is 105 Å². The van der Waals surface area contributed by atoms with E-state index >= 15 is 0 Å². The zero-order chi connectivity index (χ0) is 34.9. The van der Waals surface area contributed by atoms with E-state index in [9.17, 15) is 0 Å². The van der Waals surface area contributed by atoms with Gasteiger partial charge in [0.15, 0.2) is 0 Å². The van der Waals surface area contributed by atoms with Gasteiger partial charge in [-0.15, -0.1) is 11.3 Å². The van der Waals surface area contributed by atoms with E-state index in [1.807, 2.05) is 11.3 Å². The predicted octanol–water partition coefficient (Wildman–Crippen LogP) is 14.6. The number of thiophene rings is 1. The van der Waals surface area contributed by atoms with Crippen molar-refractivity contribution in [3.05, 3.63) is 194 Å². The molecular weight excluding hydrogens is 661 g/mol. The Balaban J connectivity index is 1.01. The van der Waals surface area contributed by atoms with E-state index in [-0.39, 0.29) is 0 Å². The Labute approximate surface area is 311 Å². The molecule has 0 spiro atoms. The first-order valence-electron chi connectivity index (χ1n) is 18.1. The molecule has 2 nitrogen and oxygen atoms in total. The quantitative estimate of drug-likeness (QED) is 0.174. The Bertz CT molecular complexity index is 3170. The van der Waals surface area contributed by atoms with E-state index in [1.165, 1.54) is 80.3 Å². The Morgan fingerprint density at radius 2 is 1.02 bits per heavy atom. The minimum Gasteiger partial charge on any atom is -0.310 e. The van der Waals surface area contributed by atoms with Crippen LogP contribution in [0.1, 0.15) is 0 Å². The summed E-state index contributed by atoms with van der Waals surface area (Å²) in [6.07, 6.45) is 0. The average molecular weight is 693 g/mol. The van der Waals surface area contributed by atoms with Crippen LogP contribution in [-0.2, 0) is 0 Å². The van der Waals surface area contributed by atoms with Crippen LogP contribution in [0.25, 0.3) is 80.3 Å². The van der Waals surface area contributed by atoms with Crippen LogP contribution in [-0.4, -0.2) is 4.57 Å². The molecule has 0 amide bonds. The standard InChI is InChI=1S/C50H32N2S/c1-2-12-39(13-3-1)51(40-24-20-34(21-25-40)36-19-18-33-10-4-5-11-35(33)30-36)41-26-22-38-32-42(27-23-37(38)31-41)52-46-16-8-6-15-45(46)49-47(52)29-28-44-43-14-7-9-17-48(43)53-50(44)49/h1-32H. The normalized spacial score (nSPS) is 11.8. The first-order chi connectivity index (χ1) is 26.3. The molecule has 53 heavy (non-hydrogen) atoms. The molecule has 2 aromatic heterocycles. The Hall–Kier alpha value is -6.68. The van der Waals surface area contributed by atoms with Crippen LogP contribution < -0.4 is 4.90 Å². The van der Waals surface area contributed by atoms with Crippen molar-refractivity contribution in [2.75, 3.05) is 4.90 Å². The van der Waals surface area contributed by atoms with Crippen molar-refractivity contribution in [2.24, 2.45) is 0 Å². The summed E-state index contributed by atoms with van der Waals surface area (Å²) in [7, 11) is 0. The molecule has 11 rings (SSSR count). The molecule has 0 atom stereocenters. The minimum atomic E-state index is 1.12. The Morgan fingerprint density at radius 1 is 0.377 bits per heavy atom. The van der Waals surface area contributed by atoms with Crippen LogP contribution in [0.5, 0.6) is 0 Å². The van der Waals surface area contributed by atoms with E-state index in [0.717, 1.165) is 17.1 Å². The fraction of sp³-hybridized carbons (Fsp3) is 0. The highest BCUT2D eigenvalue weighted by atomic mass is 32.1. The average Bonchev–Trinajstić information content (AvgIpc) is 3.77. The SMILES string of the molecule is c1ccc(N(c2ccc(-c3ccc4ccccc4c3)cc2)c2ccc3cc(-n4c5ccccc5c5c6sc7ccccc7c6ccc54)ccc3c2)cc1.